The molecule has 1 aromatic heterocycles. The van der Waals surface area contributed by atoms with E-state index in [1.54, 1.807) is 0 Å². The van der Waals surface area contributed by atoms with Crippen molar-refractivity contribution < 1.29 is 14.6 Å². The number of ether oxygens (including phenoxy) is 1. The average molecular weight is 329 g/mol. The van der Waals surface area contributed by atoms with Gasteiger partial charge < -0.3 is 24.5 Å². The fourth-order valence-electron chi connectivity index (χ4n) is 2.47. The van der Waals surface area contributed by atoms with Gasteiger partial charge in [-0.3, -0.25) is 0 Å². The van der Waals surface area contributed by atoms with Crippen LogP contribution in [0.15, 0.2) is 0 Å². The van der Waals surface area contributed by atoms with Crippen molar-refractivity contribution in [1.29, 1.82) is 0 Å². The standard InChI is InChI=1S/C12H17ClN6O3/c13-9-14-10(17-1-3-19(4-2-17)12(20)21)16-11(15-9)18-5-7-22-8-6-18/h1-8H2,(H,20,21). The van der Waals surface area contributed by atoms with E-state index in [0.717, 1.165) is 0 Å². The number of halogens is 1. The number of carbonyl (C=O) groups is 1. The molecule has 2 aliphatic heterocycles. The largest absolute Gasteiger partial charge is 0.465 e. The number of hydrogen-bond acceptors (Lipinski definition) is 7. The van der Waals surface area contributed by atoms with Gasteiger partial charge in [-0.15, -0.1) is 0 Å². The molecule has 3 heterocycles. The van der Waals surface area contributed by atoms with E-state index in [2.05, 4.69) is 15.0 Å². The summed E-state index contributed by atoms with van der Waals surface area (Å²) in [6, 6.07) is 0. The van der Waals surface area contributed by atoms with Crippen LogP contribution in [-0.4, -0.2) is 83.5 Å². The van der Waals surface area contributed by atoms with Crippen molar-refractivity contribution >= 4 is 29.6 Å². The fraction of sp³-hybridized carbons (Fsp3) is 0.667. The number of piperazine rings is 1. The van der Waals surface area contributed by atoms with E-state index >= 15 is 0 Å². The van der Waals surface area contributed by atoms with Gasteiger partial charge >= 0.3 is 6.09 Å². The Labute approximate surface area is 132 Å². The normalized spacial score (nSPS) is 19.4. The second-order valence-corrected chi connectivity index (χ2v) is 5.40. The number of anilines is 2. The third-order valence-electron chi connectivity index (χ3n) is 3.71. The summed E-state index contributed by atoms with van der Waals surface area (Å²) in [4.78, 5) is 29.1. The lowest BCUT2D eigenvalue weighted by Crippen LogP contribution is -2.49. The molecule has 0 bridgehead atoms. The molecule has 22 heavy (non-hydrogen) atoms. The Balaban J connectivity index is 1.74. The van der Waals surface area contributed by atoms with E-state index in [4.69, 9.17) is 21.4 Å². The van der Waals surface area contributed by atoms with Gasteiger partial charge in [0, 0.05) is 39.3 Å². The van der Waals surface area contributed by atoms with Crippen LogP contribution in [0, 0.1) is 0 Å². The molecule has 2 saturated heterocycles. The fourth-order valence-corrected chi connectivity index (χ4v) is 2.62. The van der Waals surface area contributed by atoms with Gasteiger partial charge in [0.2, 0.25) is 17.2 Å². The SMILES string of the molecule is O=C(O)N1CCN(c2nc(Cl)nc(N3CCOCC3)n2)CC1. The van der Waals surface area contributed by atoms with E-state index in [0.29, 0.717) is 64.4 Å². The number of carboxylic acid groups (broad SMARTS) is 1. The summed E-state index contributed by atoms with van der Waals surface area (Å²) >= 11 is 6.02. The Kier molecular flexibility index (Phi) is 4.44. The van der Waals surface area contributed by atoms with Crippen LogP contribution in [0.4, 0.5) is 16.7 Å². The van der Waals surface area contributed by atoms with Gasteiger partial charge in [-0.25, -0.2) is 4.79 Å². The molecule has 0 unspecified atom stereocenters. The molecule has 9 nitrogen and oxygen atoms in total. The summed E-state index contributed by atoms with van der Waals surface area (Å²) in [5, 5.41) is 9.13. The van der Waals surface area contributed by atoms with Gasteiger partial charge in [0.1, 0.15) is 0 Å². The van der Waals surface area contributed by atoms with E-state index in [1.165, 1.54) is 4.90 Å². The van der Waals surface area contributed by atoms with Gasteiger partial charge in [0.15, 0.2) is 0 Å². The highest BCUT2D eigenvalue weighted by atomic mass is 35.5. The van der Waals surface area contributed by atoms with E-state index < -0.39 is 6.09 Å². The molecule has 0 radical (unpaired) electrons. The van der Waals surface area contributed by atoms with Crippen molar-refractivity contribution in [2.75, 3.05) is 62.3 Å². The van der Waals surface area contributed by atoms with Crippen LogP contribution in [0.5, 0.6) is 0 Å². The van der Waals surface area contributed by atoms with Crippen LogP contribution in [0.25, 0.3) is 0 Å². The second kappa shape index (κ2) is 6.49. The molecular weight excluding hydrogens is 312 g/mol. The summed E-state index contributed by atoms with van der Waals surface area (Å²) in [5.41, 5.74) is 0. The van der Waals surface area contributed by atoms with Crippen molar-refractivity contribution in [3.63, 3.8) is 0 Å². The van der Waals surface area contributed by atoms with Crippen LogP contribution in [0.2, 0.25) is 5.28 Å². The van der Waals surface area contributed by atoms with Crippen LogP contribution in [-0.2, 0) is 4.74 Å². The molecule has 0 saturated carbocycles. The van der Waals surface area contributed by atoms with E-state index in [9.17, 15) is 4.79 Å². The van der Waals surface area contributed by atoms with Gasteiger partial charge in [0.05, 0.1) is 13.2 Å². The maximum absolute atomic E-state index is 10.9. The van der Waals surface area contributed by atoms with E-state index in [1.807, 2.05) is 9.80 Å². The zero-order valence-electron chi connectivity index (χ0n) is 12.0. The van der Waals surface area contributed by atoms with Crippen LogP contribution in [0.3, 0.4) is 0 Å². The number of amides is 1. The molecule has 1 amide bonds. The Hall–Kier alpha value is -1.87. The Bertz CT molecular complexity index is 546. The zero-order valence-corrected chi connectivity index (χ0v) is 12.7. The number of aromatic nitrogens is 3. The number of nitrogens with zero attached hydrogens (tertiary/aromatic N) is 6. The summed E-state index contributed by atoms with van der Waals surface area (Å²) in [7, 11) is 0. The van der Waals surface area contributed by atoms with Crippen molar-refractivity contribution in [2.24, 2.45) is 0 Å². The van der Waals surface area contributed by atoms with Crippen molar-refractivity contribution in [3.05, 3.63) is 5.28 Å². The quantitative estimate of drug-likeness (QED) is 0.820. The maximum Gasteiger partial charge on any atom is 0.407 e. The highest BCUT2D eigenvalue weighted by Crippen LogP contribution is 2.19. The molecule has 2 fully saturated rings. The number of hydrogen-bond donors (Lipinski definition) is 1. The monoisotopic (exact) mass is 328 g/mol. The first-order valence-corrected chi connectivity index (χ1v) is 7.48. The minimum atomic E-state index is -0.901. The van der Waals surface area contributed by atoms with Crippen molar-refractivity contribution in [3.8, 4) is 0 Å². The molecule has 0 aliphatic carbocycles. The highest BCUT2D eigenvalue weighted by molar-refractivity contribution is 6.28. The minimum absolute atomic E-state index is 0.146. The summed E-state index contributed by atoms with van der Waals surface area (Å²) < 4.78 is 5.31. The van der Waals surface area contributed by atoms with Gasteiger partial charge in [-0.1, -0.05) is 0 Å². The summed E-state index contributed by atoms with van der Waals surface area (Å²) in [6.07, 6.45) is -0.901. The lowest BCUT2D eigenvalue weighted by atomic mass is 10.3. The molecular formula is C12H17ClN6O3. The average Bonchev–Trinajstić information content (AvgIpc) is 2.55. The maximum atomic E-state index is 10.9. The smallest absolute Gasteiger partial charge is 0.407 e. The highest BCUT2D eigenvalue weighted by Gasteiger charge is 2.24. The molecule has 2 aliphatic rings. The summed E-state index contributed by atoms with van der Waals surface area (Å²) in [6.45, 7) is 4.62. The van der Waals surface area contributed by atoms with Gasteiger partial charge in [-0.05, 0) is 11.6 Å². The minimum Gasteiger partial charge on any atom is -0.465 e. The lowest BCUT2D eigenvalue weighted by Gasteiger charge is -2.33. The third-order valence-corrected chi connectivity index (χ3v) is 3.88. The second-order valence-electron chi connectivity index (χ2n) is 5.06. The van der Waals surface area contributed by atoms with Gasteiger partial charge in [-0.2, -0.15) is 15.0 Å². The van der Waals surface area contributed by atoms with Crippen LogP contribution >= 0.6 is 11.6 Å². The Morgan fingerprint density at radius 3 is 2.05 bits per heavy atom. The first-order valence-electron chi connectivity index (χ1n) is 7.10. The van der Waals surface area contributed by atoms with Crippen LogP contribution < -0.4 is 9.80 Å². The van der Waals surface area contributed by atoms with Crippen LogP contribution in [0.1, 0.15) is 0 Å². The zero-order chi connectivity index (χ0) is 15.5. The van der Waals surface area contributed by atoms with Crippen molar-refractivity contribution in [1.82, 2.24) is 19.9 Å². The number of rotatable bonds is 2. The summed E-state index contributed by atoms with van der Waals surface area (Å²) in [5.74, 6) is 1.03. The number of morpholine rings is 1. The van der Waals surface area contributed by atoms with Crippen molar-refractivity contribution in [2.45, 2.75) is 0 Å². The first-order chi connectivity index (χ1) is 10.6. The third kappa shape index (κ3) is 3.30. The molecule has 3 rings (SSSR count). The first kappa shape index (κ1) is 15.0. The molecule has 0 spiro atoms. The molecule has 10 heteroatoms. The topological polar surface area (TPSA) is 94.9 Å². The molecule has 0 atom stereocenters. The molecule has 1 aromatic rings. The molecule has 0 aromatic carbocycles. The Morgan fingerprint density at radius 2 is 1.50 bits per heavy atom. The van der Waals surface area contributed by atoms with Gasteiger partial charge in [0.25, 0.3) is 0 Å². The van der Waals surface area contributed by atoms with E-state index in [-0.39, 0.29) is 5.28 Å². The predicted octanol–water partition coefficient (Wildman–Crippen LogP) is 0.162. The lowest BCUT2D eigenvalue weighted by molar-refractivity contribution is 0.122. The molecule has 120 valence electrons. The predicted molar refractivity (Wildman–Crippen MR) is 79.7 cm³/mol. The molecule has 1 N–H and O–H groups in total. The Morgan fingerprint density at radius 1 is 0.955 bits per heavy atom.